The highest BCUT2D eigenvalue weighted by Crippen LogP contribution is 2.28. The van der Waals surface area contributed by atoms with Crippen LogP contribution in [0.4, 0.5) is 0 Å². The number of hydrogen-bond acceptors (Lipinski definition) is 5. The molecule has 0 bridgehead atoms. The molecule has 5 aromatic rings. The molecule has 0 aliphatic heterocycles. The van der Waals surface area contributed by atoms with Gasteiger partial charge < -0.3 is 10.1 Å². The van der Waals surface area contributed by atoms with E-state index < -0.39 is 0 Å². The highest BCUT2D eigenvalue weighted by molar-refractivity contribution is 7.99. The van der Waals surface area contributed by atoms with E-state index in [1.807, 2.05) is 77.2 Å². The van der Waals surface area contributed by atoms with Crippen LogP contribution in [0.15, 0.2) is 78.0 Å². The molecule has 3 aromatic carbocycles. The van der Waals surface area contributed by atoms with Gasteiger partial charge in [-0.25, -0.2) is 9.97 Å². The summed E-state index contributed by atoms with van der Waals surface area (Å²) in [6.07, 6.45) is 0.769. The van der Waals surface area contributed by atoms with Crippen molar-refractivity contribution in [3.63, 3.8) is 0 Å². The molecule has 0 saturated heterocycles. The van der Waals surface area contributed by atoms with E-state index in [0.29, 0.717) is 6.54 Å². The van der Waals surface area contributed by atoms with E-state index in [1.54, 1.807) is 7.11 Å². The number of para-hydroxylation sites is 3. The molecule has 160 valence electrons. The number of thioether (sulfide) groups is 1. The second kappa shape index (κ2) is 8.88. The zero-order valence-corrected chi connectivity index (χ0v) is 18.4. The Morgan fingerprint density at radius 1 is 0.969 bits per heavy atom. The number of benzene rings is 3. The van der Waals surface area contributed by atoms with Crippen LogP contribution in [0, 0.1) is 0 Å². The number of hydrogen-bond donors (Lipinski definition) is 1. The van der Waals surface area contributed by atoms with Crippen LogP contribution in [0.2, 0.25) is 0 Å². The van der Waals surface area contributed by atoms with Gasteiger partial charge in [-0.3, -0.25) is 9.20 Å². The molecule has 5 rings (SSSR count). The number of rotatable bonds is 7. The van der Waals surface area contributed by atoms with Crippen LogP contribution in [0.3, 0.4) is 0 Å². The number of fused-ring (bicyclic) bond motifs is 5. The fourth-order valence-electron chi connectivity index (χ4n) is 3.73. The minimum absolute atomic E-state index is 0.0176. The third-order valence-electron chi connectivity index (χ3n) is 5.34. The second-order valence-corrected chi connectivity index (χ2v) is 8.35. The SMILES string of the molecule is COc1ccc(CCNC(=O)CSc2nc3ccccc3c3nc4ccccc4n23)cc1. The quantitative estimate of drug-likeness (QED) is 0.297. The monoisotopic (exact) mass is 442 g/mol. The summed E-state index contributed by atoms with van der Waals surface area (Å²) in [5.41, 5.74) is 4.79. The molecular formula is C25H22N4O2S. The van der Waals surface area contributed by atoms with Crippen molar-refractivity contribution in [2.24, 2.45) is 0 Å². The van der Waals surface area contributed by atoms with Crippen molar-refractivity contribution >= 4 is 45.3 Å². The van der Waals surface area contributed by atoms with Crippen molar-refractivity contribution in [1.82, 2.24) is 19.7 Å². The van der Waals surface area contributed by atoms with Crippen molar-refractivity contribution in [3.8, 4) is 5.75 Å². The van der Waals surface area contributed by atoms with Gasteiger partial charge >= 0.3 is 0 Å². The maximum absolute atomic E-state index is 12.5. The van der Waals surface area contributed by atoms with E-state index in [2.05, 4.69) is 5.32 Å². The van der Waals surface area contributed by atoms with Crippen molar-refractivity contribution in [3.05, 3.63) is 78.4 Å². The molecule has 0 aliphatic carbocycles. The Morgan fingerprint density at radius 3 is 2.53 bits per heavy atom. The molecule has 0 fully saturated rings. The van der Waals surface area contributed by atoms with Gasteiger partial charge in [-0.2, -0.15) is 0 Å². The van der Waals surface area contributed by atoms with Gasteiger partial charge in [0.05, 0.1) is 29.4 Å². The van der Waals surface area contributed by atoms with E-state index in [0.717, 1.165) is 50.5 Å². The highest BCUT2D eigenvalue weighted by Gasteiger charge is 2.15. The van der Waals surface area contributed by atoms with Crippen molar-refractivity contribution < 1.29 is 9.53 Å². The minimum atomic E-state index is -0.0176. The summed E-state index contributed by atoms with van der Waals surface area (Å²) >= 11 is 1.43. The number of nitrogens with zero attached hydrogens (tertiary/aromatic N) is 3. The largest absolute Gasteiger partial charge is 0.497 e. The summed E-state index contributed by atoms with van der Waals surface area (Å²) in [6, 6.07) is 23.9. The smallest absolute Gasteiger partial charge is 0.230 e. The summed E-state index contributed by atoms with van der Waals surface area (Å²) in [5.74, 6) is 1.10. The van der Waals surface area contributed by atoms with Crippen LogP contribution in [0.5, 0.6) is 5.75 Å². The normalized spacial score (nSPS) is 11.3. The number of carbonyl (C=O) groups is 1. The lowest BCUT2D eigenvalue weighted by Gasteiger charge is -2.09. The van der Waals surface area contributed by atoms with Crippen molar-refractivity contribution in [2.75, 3.05) is 19.4 Å². The maximum Gasteiger partial charge on any atom is 0.230 e. The van der Waals surface area contributed by atoms with Gasteiger partial charge in [-0.1, -0.05) is 48.2 Å². The third kappa shape index (κ3) is 3.99. The lowest BCUT2D eigenvalue weighted by molar-refractivity contribution is -0.118. The number of imidazole rings is 1. The predicted octanol–water partition coefficient (Wildman–Crippen LogP) is 4.50. The highest BCUT2D eigenvalue weighted by atomic mass is 32.2. The molecule has 0 unspecified atom stereocenters. The first kappa shape index (κ1) is 20.3. The summed E-state index contributed by atoms with van der Waals surface area (Å²) < 4.78 is 7.23. The number of methoxy groups -OCH3 is 1. The van der Waals surface area contributed by atoms with Crippen LogP contribution < -0.4 is 10.1 Å². The molecule has 32 heavy (non-hydrogen) atoms. The van der Waals surface area contributed by atoms with Gasteiger partial charge in [-0.15, -0.1) is 0 Å². The van der Waals surface area contributed by atoms with Crippen LogP contribution in [-0.4, -0.2) is 39.7 Å². The van der Waals surface area contributed by atoms with E-state index in [9.17, 15) is 4.79 Å². The molecule has 1 amide bonds. The van der Waals surface area contributed by atoms with Crippen LogP contribution >= 0.6 is 11.8 Å². The van der Waals surface area contributed by atoms with Crippen molar-refractivity contribution in [1.29, 1.82) is 0 Å². The van der Waals surface area contributed by atoms with Gasteiger partial charge in [0.2, 0.25) is 5.91 Å². The number of amides is 1. The third-order valence-corrected chi connectivity index (χ3v) is 6.28. The Labute approximate surface area is 189 Å². The summed E-state index contributed by atoms with van der Waals surface area (Å²) in [5, 5.41) is 4.76. The Balaban J connectivity index is 1.32. The average molecular weight is 443 g/mol. The molecule has 0 saturated carbocycles. The molecular weight excluding hydrogens is 420 g/mol. The Morgan fingerprint density at radius 2 is 1.72 bits per heavy atom. The van der Waals surface area contributed by atoms with E-state index in [-0.39, 0.29) is 11.7 Å². The topological polar surface area (TPSA) is 68.5 Å². The molecule has 2 aromatic heterocycles. The van der Waals surface area contributed by atoms with Crippen LogP contribution in [-0.2, 0) is 11.2 Å². The number of nitrogens with one attached hydrogen (secondary N) is 1. The number of ether oxygens (including phenoxy) is 1. The standard InChI is InChI=1S/C25H22N4O2S/c1-31-18-12-10-17(11-13-18)14-15-26-23(30)16-32-25-28-20-7-3-2-6-19(20)24-27-21-8-4-5-9-22(21)29(24)25/h2-13H,14-16H2,1H3,(H,26,30). The van der Waals surface area contributed by atoms with Gasteiger partial charge in [-0.05, 0) is 48.4 Å². The molecule has 2 heterocycles. The predicted molar refractivity (Wildman–Crippen MR) is 128 cm³/mol. The Bertz CT molecular complexity index is 1410. The summed E-state index contributed by atoms with van der Waals surface area (Å²) in [6.45, 7) is 0.584. The van der Waals surface area contributed by atoms with E-state index in [4.69, 9.17) is 14.7 Å². The fraction of sp³-hybridized carbons (Fsp3) is 0.160. The lowest BCUT2D eigenvalue weighted by Crippen LogP contribution is -2.27. The van der Waals surface area contributed by atoms with Gasteiger partial charge in [0.1, 0.15) is 11.4 Å². The second-order valence-electron chi connectivity index (χ2n) is 7.41. The molecule has 7 heteroatoms. The first-order chi connectivity index (χ1) is 15.7. The lowest BCUT2D eigenvalue weighted by atomic mass is 10.1. The fourth-order valence-corrected chi connectivity index (χ4v) is 4.57. The zero-order chi connectivity index (χ0) is 21.9. The molecule has 0 radical (unpaired) electrons. The minimum Gasteiger partial charge on any atom is -0.497 e. The van der Waals surface area contributed by atoms with Crippen molar-refractivity contribution in [2.45, 2.75) is 11.6 Å². The molecule has 0 spiro atoms. The van der Waals surface area contributed by atoms with Gasteiger partial charge in [0.15, 0.2) is 5.16 Å². The Hall–Kier alpha value is -3.58. The molecule has 0 aliphatic rings. The van der Waals surface area contributed by atoms with Crippen LogP contribution in [0.25, 0.3) is 27.6 Å². The number of aromatic nitrogens is 3. The molecule has 1 N–H and O–H groups in total. The van der Waals surface area contributed by atoms with E-state index in [1.165, 1.54) is 11.8 Å². The zero-order valence-electron chi connectivity index (χ0n) is 17.6. The number of carbonyl (C=O) groups excluding carboxylic acids is 1. The summed E-state index contributed by atoms with van der Waals surface area (Å²) in [7, 11) is 1.65. The summed E-state index contributed by atoms with van der Waals surface area (Å²) in [4.78, 5) is 22.2. The molecule has 6 nitrogen and oxygen atoms in total. The van der Waals surface area contributed by atoms with Gasteiger partial charge in [0.25, 0.3) is 0 Å². The first-order valence-electron chi connectivity index (χ1n) is 10.4. The molecule has 0 atom stereocenters. The van der Waals surface area contributed by atoms with Gasteiger partial charge in [0, 0.05) is 11.9 Å². The average Bonchev–Trinajstić information content (AvgIpc) is 3.23. The first-order valence-corrected chi connectivity index (χ1v) is 11.4. The van der Waals surface area contributed by atoms with E-state index >= 15 is 0 Å². The Kier molecular flexibility index (Phi) is 5.64. The maximum atomic E-state index is 12.5. The van der Waals surface area contributed by atoms with Crippen LogP contribution in [0.1, 0.15) is 5.56 Å².